The number of aldehydes is 1. The Morgan fingerprint density at radius 3 is 2.81 bits per heavy atom. The van der Waals surface area contributed by atoms with E-state index in [-0.39, 0.29) is 11.1 Å². The molecule has 0 unspecified atom stereocenters. The number of aromatic nitrogens is 1. The summed E-state index contributed by atoms with van der Waals surface area (Å²) < 4.78 is 6.79. The number of carbonyl (C=O) groups excluding carboxylic acids is 1. The molecule has 0 spiro atoms. The molecule has 160 valence electrons. The van der Waals surface area contributed by atoms with E-state index in [4.69, 9.17) is 9.83 Å². The van der Waals surface area contributed by atoms with E-state index in [9.17, 15) is 9.59 Å². The molecule has 1 saturated heterocycles. The van der Waals surface area contributed by atoms with E-state index in [1.165, 1.54) is 11.3 Å². The zero-order chi connectivity index (χ0) is 22.1. The lowest BCUT2D eigenvalue weighted by Crippen LogP contribution is -2.43. The van der Waals surface area contributed by atoms with Gasteiger partial charge in [-0.3, -0.25) is 20.0 Å². The Labute approximate surface area is 187 Å². The summed E-state index contributed by atoms with van der Waals surface area (Å²) in [5, 5.41) is 13.8. The largest absolute Gasteiger partial charge is 0.439 e. The van der Waals surface area contributed by atoms with Crippen LogP contribution in [-0.4, -0.2) is 43.2 Å². The van der Waals surface area contributed by atoms with Crippen LogP contribution >= 0.6 is 11.3 Å². The van der Waals surface area contributed by atoms with E-state index in [0.29, 0.717) is 33.0 Å². The number of benzene rings is 1. The number of nitrogens with one attached hydrogen (secondary N) is 2. The van der Waals surface area contributed by atoms with Crippen LogP contribution in [0.1, 0.15) is 21.6 Å². The molecule has 2 N–H and O–H groups in total. The molecule has 3 aromatic heterocycles. The van der Waals surface area contributed by atoms with E-state index in [0.717, 1.165) is 43.6 Å². The first-order valence-corrected chi connectivity index (χ1v) is 11.1. The summed E-state index contributed by atoms with van der Waals surface area (Å²) in [6.07, 6.45) is 2.37. The van der Waals surface area contributed by atoms with Gasteiger partial charge in [0.15, 0.2) is 17.8 Å². The normalized spacial score (nSPS) is 13.9. The molecule has 5 rings (SSSR count). The second-order valence-electron chi connectivity index (χ2n) is 7.50. The van der Waals surface area contributed by atoms with Gasteiger partial charge in [0.05, 0.1) is 11.4 Å². The minimum absolute atomic E-state index is 0.0574. The molecule has 4 heterocycles. The monoisotopic (exact) mass is 444 g/mol. The van der Waals surface area contributed by atoms with Crippen LogP contribution in [0.4, 0.5) is 5.88 Å². The van der Waals surface area contributed by atoms with Crippen molar-refractivity contribution in [3.05, 3.63) is 81.1 Å². The predicted molar refractivity (Wildman–Crippen MR) is 126 cm³/mol. The van der Waals surface area contributed by atoms with Gasteiger partial charge in [0.2, 0.25) is 5.43 Å². The van der Waals surface area contributed by atoms with Crippen molar-refractivity contribution in [3.63, 3.8) is 0 Å². The number of carbonyl (C=O) groups is 1. The third-order valence-electron chi connectivity index (χ3n) is 5.54. The number of anilines is 1. The highest BCUT2D eigenvalue weighted by atomic mass is 32.1. The molecule has 0 saturated carbocycles. The number of piperazine rings is 1. The van der Waals surface area contributed by atoms with E-state index >= 15 is 0 Å². The van der Waals surface area contributed by atoms with Crippen molar-refractivity contribution in [2.24, 2.45) is 0 Å². The maximum atomic E-state index is 12.7. The summed E-state index contributed by atoms with van der Waals surface area (Å²) in [6.45, 7) is 3.24. The molecule has 1 aliphatic rings. The van der Waals surface area contributed by atoms with Crippen LogP contribution < -0.4 is 15.6 Å². The van der Waals surface area contributed by atoms with Gasteiger partial charge in [-0.25, -0.2) is 0 Å². The zero-order valence-electron chi connectivity index (χ0n) is 17.1. The van der Waals surface area contributed by atoms with Crippen LogP contribution in [0, 0.1) is 5.41 Å². The Morgan fingerprint density at radius 2 is 2.00 bits per heavy atom. The molecule has 4 aromatic rings. The topological polar surface area (TPSA) is 99.3 Å². The number of fused-ring (bicyclic) bond motifs is 1. The first-order chi connectivity index (χ1) is 15.7. The molecule has 0 bridgehead atoms. The number of thiophene rings is 1. The summed E-state index contributed by atoms with van der Waals surface area (Å²) in [5.74, 6) is 0.575. The van der Waals surface area contributed by atoms with Crippen molar-refractivity contribution in [3.8, 4) is 11.1 Å². The lowest BCUT2D eigenvalue weighted by Gasteiger charge is -2.27. The molecule has 32 heavy (non-hydrogen) atoms. The van der Waals surface area contributed by atoms with Crippen molar-refractivity contribution in [2.75, 3.05) is 31.1 Å². The molecule has 7 nitrogen and oxygen atoms in total. The highest BCUT2D eigenvalue weighted by Gasteiger charge is 2.19. The lowest BCUT2D eigenvalue weighted by atomic mass is 9.99. The van der Waals surface area contributed by atoms with Gasteiger partial charge < -0.3 is 14.6 Å². The average Bonchev–Trinajstić information content (AvgIpc) is 3.29. The van der Waals surface area contributed by atoms with Crippen molar-refractivity contribution < 1.29 is 9.21 Å². The lowest BCUT2D eigenvalue weighted by molar-refractivity contribution is 0.112. The van der Waals surface area contributed by atoms with Gasteiger partial charge >= 0.3 is 0 Å². The highest BCUT2D eigenvalue weighted by molar-refractivity contribution is 7.17. The fourth-order valence-electron chi connectivity index (χ4n) is 3.87. The third-order valence-corrected chi connectivity index (χ3v) is 6.52. The molecule has 0 atom stereocenters. The number of hydrogen-bond acceptors (Lipinski definition) is 8. The Kier molecular flexibility index (Phi) is 5.38. The Morgan fingerprint density at radius 1 is 1.19 bits per heavy atom. The van der Waals surface area contributed by atoms with Gasteiger partial charge in [-0.05, 0) is 17.7 Å². The molecular weight excluding hydrogens is 424 g/mol. The molecule has 1 aliphatic heterocycles. The van der Waals surface area contributed by atoms with Crippen LogP contribution in [0.5, 0.6) is 0 Å². The summed E-state index contributed by atoms with van der Waals surface area (Å²) in [5.41, 5.74) is 3.65. The molecule has 0 aliphatic carbocycles. The van der Waals surface area contributed by atoms with Gasteiger partial charge in [-0.1, -0.05) is 24.3 Å². The van der Waals surface area contributed by atoms with Gasteiger partial charge in [0, 0.05) is 60.5 Å². The fourth-order valence-corrected chi connectivity index (χ4v) is 4.78. The van der Waals surface area contributed by atoms with Crippen molar-refractivity contribution in [1.29, 1.82) is 5.41 Å². The molecule has 1 aromatic carbocycles. The molecular formula is C24H20N4O3S. The smallest absolute Gasteiger partial charge is 0.204 e. The summed E-state index contributed by atoms with van der Waals surface area (Å²) in [4.78, 5) is 30.6. The minimum atomic E-state index is -0.0574. The van der Waals surface area contributed by atoms with Crippen molar-refractivity contribution in [2.45, 2.75) is 0 Å². The van der Waals surface area contributed by atoms with Crippen LogP contribution in [0.2, 0.25) is 0 Å². The number of rotatable bonds is 5. The number of hydrogen-bond donors (Lipinski definition) is 2. The summed E-state index contributed by atoms with van der Waals surface area (Å²) >= 11 is 1.35. The van der Waals surface area contributed by atoms with Crippen LogP contribution in [-0.2, 0) is 0 Å². The maximum absolute atomic E-state index is 12.7. The van der Waals surface area contributed by atoms with E-state index in [2.05, 4.69) is 15.2 Å². The molecule has 1 fully saturated rings. The Hall–Kier alpha value is -3.62. The molecule has 8 heteroatoms. The van der Waals surface area contributed by atoms with Crippen LogP contribution in [0.25, 0.3) is 21.4 Å². The SMILES string of the molecule is N=C(c1cc(-c2csc3c(=O)cc(N4CCNCC4)oc23)ccn1)c1ccccc1C=O. The van der Waals surface area contributed by atoms with E-state index < -0.39 is 0 Å². The summed E-state index contributed by atoms with van der Waals surface area (Å²) in [7, 11) is 0. The summed E-state index contributed by atoms with van der Waals surface area (Å²) in [6, 6.07) is 12.2. The standard InChI is InChI=1S/C24H20N4O3S/c25-22(17-4-2-1-3-16(17)13-29)19-11-15(5-6-27-19)18-14-32-24-20(30)12-21(31-23(18)24)28-9-7-26-8-10-28/h1-6,11-14,25-26H,7-10H2. The first kappa shape index (κ1) is 20.3. The van der Waals surface area contributed by atoms with Gasteiger partial charge in [0.25, 0.3) is 0 Å². The third kappa shape index (κ3) is 3.63. The average molecular weight is 445 g/mol. The second kappa shape index (κ2) is 8.49. The highest BCUT2D eigenvalue weighted by Crippen LogP contribution is 2.34. The fraction of sp³-hybridized carbons (Fsp3) is 0.167. The first-order valence-electron chi connectivity index (χ1n) is 10.3. The van der Waals surface area contributed by atoms with Gasteiger partial charge in [0.1, 0.15) is 4.70 Å². The van der Waals surface area contributed by atoms with Crippen molar-refractivity contribution >= 4 is 39.5 Å². The second-order valence-corrected chi connectivity index (χ2v) is 8.38. The Bertz CT molecular complexity index is 1390. The molecule has 0 amide bonds. The maximum Gasteiger partial charge on any atom is 0.204 e. The predicted octanol–water partition coefficient (Wildman–Crippen LogP) is 3.55. The zero-order valence-corrected chi connectivity index (χ0v) is 17.9. The van der Waals surface area contributed by atoms with Gasteiger partial charge in [-0.2, -0.15) is 0 Å². The minimum Gasteiger partial charge on any atom is -0.439 e. The van der Waals surface area contributed by atoms with E-state index in [1.807, 2.05) is 11.4 Å². The quantitative estimate of drug-likeness (QED) is 0.361. The van der Waals surface area contributed by atoms with Crippen LogP contribution in [0.3, 0.4) is 0 Å². The van der Waals surface area contributed by atoms with Gasteiger partial charge in [-0.15, -0.1) is 11.3 Å². The van der Waals surface area contributed by atoms with E-state index in [1.54, 1.807) is 42.6 Å². The number of nitrogens with zero attached hydrogens (tertiary/aromatic N) is 2. The van der Waals surface area contributed by atoms with Crippen molar-refractivity contribution in [1.82, 2.24) is 10.3 Å². The van der Waals surface area contributed by atoms with Crippen LogP contribution in [0.15, 0.2) is 63.3 Å². The Balaban J connectivity index is 1.57. The molecule has 0 radical (unpaired) electrons. The number of pyridine rings is 1.